The number of aryl methyl sites for hydroxylation is 4. The van der Waals surface area contributed by atoms with E-state index in [1.165, 1.54) is 73.4 Å². The Morgan fingerprint density at radius 3 is 1.38 bits per heavy atom. The predicted molar refractivity (Wildman–Crippen MR) is 133 cm³/mol. The van der Waals surface area contributed by atoms with E-state index in [4.69, 9.17) is 0 Å². The second-order valence-corrected chi connectivity index (χ2v) is 9.10. The lowest BCUT2D eigenvalue weighted by Gasteiger charge is -2.00. The van der Waals surface area contributed by atoms with Crippen molar-refractivity contribution in [2.45, 2.75) is 91.4 Å². The summed E-state index contributed by atoms with van der Waals surface area (Å²) >= 11 is 0. The van der Waals surface area contributed by atoms with Crippen molar-refractivity contribution in [3.63, 3.8) is 0 Å². The normalized spacial score (nSPS) is 11.0. The van der Waals surface area contributed by atoms with Crippen LogP contribution in [0.3, 0.4) is 0 Å². The second-order valence-electron chi connectivity index (χ2n) is 9.10. The maximum Gasteiger partial charge on any atom is 0.244 e. The fourth-order valence-electron chi connectivity index (χ4n) is 4.77. The van der Waals surface area contributed by atoms with Gasteiger partial charge in [0.15, 0.2) is 22.1 Å². The molecule has 0 bridgehead atoms. The van der Waals surface area contributed by atoms with Gasteiger partial charge in [0.1, 0.15) is 0 Å². The van der Waals surface area contributed by atoms with Crippen molar-refractivity contribution in [1.29, 1.82) is 0 Å². The Kier molecular flexibility index (Phi) is 12.9. The van der Waals surface area contributed by atoms with Crippen LogP contribution in [0, 0.1) is 0 Å². The fourth-order valence-corrected chi connectivity index (χ4v) is 4.77. The molecule has 0 N–H and O–H groups in total. The van der Waals surface area contributed by atoms with Gasteiger partial charge in [0, 0.05) is 0 Å². The molecule has 0 amide bonds. The Morgan fingerprint density at radius 1 is 0.559 bits per heavy atom. The minimum absolute atomic E-state index is 0. The van der Waals surface area contributed by atoms with Gasteiger partial charge in [-0.25, -0.2) is 18.3 Å². The molecule has 186 valence electrons. The van der Waals surface area contributed by atoms with Crippen molar-refractivity contribution in [2.75, 3.05) is 0 Å². The van der Waals surface area contributed by atoms with Crippen LogP contribution in [-0.2, 0) is 26.2 Å². The van der Waals surface area contributed by atoms with Crippen LogP contribution in [0.25, 0.3) is 22.1 Å². The zero-order valence-corrected chi connectivity index (χ0v) is 25.1. The third-order valence-corrected chi connectivity index (χ3v) is 6.61. The number of aromatic nitrogens is 4. The first-order chi connectivity index (χ1) is 15.8. The topological polar surface area (TPSA) is 17.6 Å². The molecule has 0 fully saturated rings. The van der Waals surface area contributed by atoms with Gasteiger partial charge in [-0.05, 0) is 62.8 Å². The number of hydrogen-bond donors (Lipinski definition) is 0. The summed E-state index contributed by atoms with van der Waals surface area (Å²) in [6, 6.07) is 17.7. The molecular formula is C28H40I2N4. The largest absolute Gasteiger partial charge is 1.00 e. The minimum atomic E-state index is 0. The lowest BCUT2D eigenvalue weighted by Crippen LogP contribution is -3.00. The number of imidazole rings is 2. The van der Waals surface area contributed by atoms with E-state index in [0.29, 0.717) is 0 Å². The van der Waals surface area contributed by atoms with Gasteiger partial charge in [-0.1, -0.05) is 51.0 Å². The van der Waals surface area contributed by atoms with Crippen LogP contribution in [0.15, 0.2) is 61.2 Å². The van der Waals surface area contributed by atoms with Gasteiger partial charge in [-0.3, -0.25) is 0 Å². The molecule has 0 atom stereocenters. The molecule has 0 aliphatic rings. The zero-order chi connectivity index (χ0) is 22.2. The number of nitrogens with zero attached hydrogens (tertiary/aromatic N) is 4. The van der Waals surface area contributed by atoms with Crippen LogP contribution in [0.5, 0.6) is 0 Å². The molecule has 0 unspecified atom stereocenters. The summed E-state index contributed by atoms with van der Waals surface area (Å²) in [5.74, 6) is 0. The number of hydrogen-bond acceptors (Lipinski definition) is 0. The van der Waals surface area contributed by atoms with Gasteiger partial charge >= 0.3 is 0 Å². The number of rotatable bonds is 13. The van der Waals surface area contributed by atoms with Crippen molar-refractivity contribution < 1.29 is 57.1 Å². The standard InChI is InChI=1S/C28H40N4.2HI/c1-3-5-19-29-23-31(27-17-11-9-15-25(27)29)21-13-7-8-14-22-32-24-30(20-6-4-2)26-16-10-12-18-28(26)32;;/h9-12,15-18,23-24H,3-8,13-14,19-22H2,1-2H3;2*1H/q+2;;/p-2. The summed E-state index contributed by atoms with van der Waals surface area (Å²) in [7, 11) is 0. The first kappa shape index (κ1) is 29.1. The van der Waals surface area contributed by atoms with Gasteiger partial charge < -0.3 is 48.0 Å². The third-order valence-electron chi connectivity index (χ3n) is 6.61. The SMILES string of the molecule is CCCCn1c[n+](CCCCCC[n+]2cn(CCCC)c3ccccc32)c2ccccc21.[I-].[I-]. The summed E-state index contributed by atoms with van der Waals surface area (Å²) in [6.45, 7) is 8.99. The number of unbranched alkanes of at least 4 members (excludes halogenated alkanes) is 5. The molecule has 0 spiro atoms. The van der Waals surface area contributed by atoms with Gasteiger partial charge in [0.25, 0.3) is 0 Å². The van der Waals surface area contributed by atoms with Crippen molar-refractivity contribution in [3.8, 4) is 0 Å². The number of para-hydroxylation sites is 4. The van der Waals surface area contributed by atoms with Crippen molar-refractivity contribution >= 4 is 22.1 Å². The average Bonchev–Trinajstić information content (AvgIpc) is 3.37. The van der Waals surface area contributed by atoms with Crippen LogP contribution in [0.2, 0.25) is 0 Å². The smallest absolute Gasteiger partial charge is 0.244 e. The first-order valence-electron chi connectivity index (χ1n) is 12.8. The number of benzene rings is 2. The van der Waals surface area contributed by atoms with E-state index in [1.807, 2.05) is 0 Å². The Balaban J connectivity index is 0.00000204. The van der Waals surface area contributed by atoms with E-state index >= 15 is 0 Å². The molecule has 0 aliphatic heterocycles. The van der Waals surface area contributed by atoms with Crippen LogP contribution in [0.1, 0.15) is 65.2 Å². The molecule has 0 aliphatic carbocycles. The number of halogens is 2. The van der Waals surface area contributed by atoms with Gasteiger partial charge in [0.05, 0.1) is 26.2 Å². The van der Waals surface area contributed by atoms with Crippen molar-refractivity contribution in [1.82, 2.24) is 9.13 Å². The lowest BCUT2D eigenvalue weighted by molar-refractivity contribution is -0.674. The summed E-state index contributed by atoms with van der Waals surface area (Å²) in [6.07, 6.45) is 14.7. The Morgan fingerprint density at radius 2 is 0.971 bits per heavy atom. The molecule has 0 saturated carbocycles. The highest BCUT2D eigenvalue weighted by molar-refractivity contribution is 5.72. The van der Waals surface area contributed by atoms with E-state index in [-0.39, 0.29) is 48.0 Å². The van der Waals surface area contributed by atoms with Crippen LogP contribution < -0.4 is 57.1 Å². The Hall–Kier alpha value is -1.16. The molecule has 4 aromatic rings. The highest BCUT2D eigenvalue weighted by atomic mass is 127. The quantitative estimate of drug-likeness (QED) is 0.108. The molecule has 6 heteroatoms. The van der Waals surface area contributed by atoms with E-state index in [9.17, 15) is 0 Å². The Bertz CT molecular complexity index is 1040. The van der Waals surface area contributed by atoms with Crippen LogP contribution in [-0.4, -0.2) is 9.13 Å². The maximum atomic E-state index is 2.46. The molecule has 2 aromatic carbocycles. The molecule has 2 heterocycles. The van der Waals surface area contributed by atoms with Crippen molar-refractivity contribution in [2.24, 2.45) is 0 Å². The lowest BCUT2D eigenvalue weighted by atomic mass is 10.2. The first-order valence-corrected chi connectivity index (χ1v) is 12.8. The summed E-state index contributed by atoms with van der Waals surface area (Å²) in [4.78, 5) is 0. The van der Waals surface area contributed by atoms with Gasteiger partial charge in [-0.2, -0.15) is 0 Å². The number of fused-ring (bicyclic) bond motifs is 2. The van der Waals surface area contributed by atoms with Crippen molar-refractivity contribution in [3.05, 3.63) is 61.2 Å². The minimum Gasteiger partial charge on any atom is -1.00 e. The maximum absolute atomic E-state index is 2.46. The third kappa shape index (κ3) is 7.18. The van der Waals surface area contributed by atoms with E-state index in [1.54, 1.807) is 0 Å². The molecular weight excluding hydrogens is 646 g/mol. The van der Waals surface area contributed by atoms with Gasteiger partial charge in [0.2, 0.25) is 12.7 Å². The fraction of sp³-hybridized carbons (Fsp3) is 0.500. The molecule has 34 heavy (non-hydrogen) atoms. The monoisotopic (exact) mass is 686 g/mol. The summed E-state index contributed by atoms with van der Waals surface area (Å²) in [5.41, 5.74) is 5.49. The molecule has 4 nitrogen and oxygen atoms in total. The molecule has 2 aromatic heterocycles. The van der Waals surface area contributed by atoms with Gasteiger partial charge in [-0.15, -0.1) is 0 Å². The summed E-state index contributed by atoms with van der Waals surface area (Å²) < 4.78 is 9.79. The zero-order valence-electron chi connectivity index (χ0n) is 20.8. The summed E-state index contributed by atoms with van der Waals surface area (Å²) in [5, 5.41) is 0. The Labute approximate surface area is 239 Å². The highest BCUT2D eigenvalue weighted by Gasteiger charge is 2.15. The molecule has 0 radical (unpaired) electrons. The highest BCUT2D eigenvalue weighted by Crippen LogP contribution is 2.14. The van der Waals surface area contributed by atoms with E-state index < -0.39 is 0 Å². The molecule has 4 rings (SSSR count). The van der Waals surface area contributed by atoms with E-state index in [2.05, 4.69) is 93.3 Å². The van der Waals surface area contributed by atoms with Crippen LogP contribution in [0.4, 0.5) is 0 Å². The van der Waals surface area contributed by atoms with E-state index in [0.717, 1.165) is 26.2 Å². The molecule has 0 saturated heterocycles. The average molecular weight is 686 g/mol. The predicted octanol–water partition coefficient (Wildman–Crippen LogP) is 0.0398. The second kappa shape index (κ2) is 15.1. The van der Waals surface area contributed by atoms with Crippen LogP contribution >= 0.6 is 0 Å².